The van der Waals surface area contributed by atoms with Crippen LogP contribution in [0.2, 0.25) is 5.02 Å². The van der Waals surface area contributed by atoms with Crippen LogP contribution < -0.4 is 5.73 Å². The number of nitrogens with two attached hydrogens (primary N) is 1. The Morgan fingerprint density at radius 1 is 1.33 bits per heavy atom. The predicted molar refractivity (Wildman–Crippen MR) is 49.1 cm³/mol. The van der Waals surface area contributed by atoms with Crippen LogP contribution in [-0.4, -0.2) is 12.7 Å². The first-order valence-corrected chi connectivity index (χ1v) is 4.18. The highest BCUT2D eigenvalue weighted by Gasteiger charge is 2.03. The van der Waals surface area contributed by atoms with E-state index in [4.69, 9.17) is 17.3 Å². The Morgan fingerprint density at radius 3 is 2.42 bits per heavy atom. The summed E-state index contributed by atoms with van der Waals surface area (Å²) >= 11 is 5.66. The molecule has 0 aromatic heterocycles. The quantitative estimate of drug-likeness (QED) is 0.772. The van der Waals surface area contributed by atoms with Crippen molar-refractivity contribution >= 4 is 11.6 Å². The molecule has 0 aliphatic carbocycles. The maximum atomic E-state index is 12.8. The van der Waals surface area contributed by atoms with Crippen LogP contribution in [0.3, 0.4) is 0 Å². The predicted octanol–water partition coefficient (Wildman–Crippen LogP) is 2.18. The van der Waals surface area contributed by atoms with Gasteiger partial charge in [0.2, 0.25) is 0 Å². The fourth-order valence-corrected chi connectivity index (χ4v) is 1.09. The highest BCUT2D eigenvalue weighted by molar-refractivity contribution is 6.30. The van der Waals surface area contributed by atoms with E-state index in [1.54, 1.807) is 12.1 Å². The molecule has 12 heavy (non-hydrogen) atoms. The molecular formula is C9H11ClFN. The molecule has 0 unspecified atom stereocenters. The third kappa shape index (κ3) is 2.80. The largest absolute Gasteiger partial charge is 0.328 e. The summed E-state index contributed by atoms with van der Waals surface area (Å²) in [6, 6.07) is 7.12. The standard InChI is InChI=1S/C9H11ClFN/c10-8-3-1-7(2-4-8)5-9(11)6-12/h1-4,9H,5-6,12H2/t9-/m0/s1. The van der Waals surface area contributed by atoms with Crippen LogP contribution >= 0.6 is 11.6 Å². The van der Waals surface area contributed by atoms with Gasteiger partial charge in [0.1, 0.15) is 6.17 Å². The summed E-state index contributed by atoms with van der Waals surface area (Å²) in [4.78, 5) is 0. The molecule has 0 amide bonds. The molecule has 1 aromatic carbocycles. The first kappa shape index (κ1) is 9.49. The Morgan fingerprint density at radius 2 is 1.92 bits per heavy atom. The van der Waals surface area contributed by atoms with E-state index in [0.717, 1.165) is 5.56 Å². The molecule has 1 rings (SSSR count). The van der Waals surface area contributed by atoms with Crippen molar-refractivity contribution < 1.29 is 4.39 Å². The molecule has 2 N–H and O–H groups in total. The summed E-state index contributed by atoms with van der Waals surface area (Å²) < 4.78 is 12.8. The zero-order valence-electron chi connectivity index (χ0n) is 6.63. The number of hydrogen-bond donors (Lipinski definition) is 1. The summed E-state index contributed by atoms with van der Waals surface area (Å²) in [5.41, 5.74) is 6.08. The van der Waals surface area contributed by atoms with Crippen LogP contribution in [0.4, 0.5) is 4.39 Å². The third-order valence-electron chi connectivity index (χ3n) is 1.63. The summed E-state index contributed by atoms with van der Waals surface area (Å²) in [6.45, 7) is 0.0721. The fourth-order valence-electron chi connectivity index (χ4n) is 0.960. The summed E-state index contributed by atoms with van der Waals surface area (Å²) in [5, 5.41) is 0.668. The lowest BCUT2D eigenvalue weighted by atomic mass is 10.1. The van der Waals surface area contributed by atoms with Crippen molar-refractivity contribution in [2.24, 2.45) is 5.73 Å². The van der Waals surface area contributed by atoms with Crippen molar-refractivity contribution in [3.63, 3.8) is 0 Å². The maximum Gasteiger partial charge on any atom is 0.116 e. The number of benzene rings is 1. The highest BCUT2D eigenvalue weighted by Crippen LogP contribution is 2.11. The Balaban J connectivity index is 2.58. The monoisotopic (exact) mass is 187 g/mol. The van der Waals surface area contributed by atoms with Gasteiger partial charge in [-0.1, -0.05) is 23.7 Å². The van der Waals surface area contributed by atoms with Gasteiger partial charge in [0.25, 0.3) is 0 Å². The molecule has 0 aliphatic rings. The van der Waals surface area contributed by atoms with E-state index in [1.807, 2.05) is 12.1 Å². The van der Waals surface area contributed by atoms with Crippen molar-refractivity contribution in [3.8, 4) is 0 Å². The minimum absolute atomic E-state index is 0.0721. The summed E-state index contributed by atoms with van der Waals surface area (Å²) in [5.74, 6) is 0. The van der Waals surface area contributed by atoms with Gasteiger partial charge in [0.05, 0.1) is 0 Å². The van der Waals surface area contributed by atoms with Crippen molar-refractivity contribution in [1.29, 1.82) is 0 Å². The van der Waals surface area contributed by atoms with Crippen LogP contribution in [0.5, 0.6) is 0 Å². The fraction of sp³-hybridized carbons (Fsp3) is 0.333. The van der Waals surface area contributed by atoms with Crippen LogP contribution in [0.15, 0.2) is 24.3 Å². The summed E-state index contributed by atoms with van der Waals surface area (Å²) in [6.07, 6.45) is -0.584. The second kappa shape index (κ2) is 4.43. The lowest BCUT2D eigenvalue weighted by Crippen LogP contribution is -2.17. The molecule has 0 saturated carbocycles. The number of halogens is 2. The summed E-state index contributed by atoms with van der Waals surface area (Å²) in [7, 11) is 0. The number of alkyl halides is 1. The minimum atomic E-state index is -0.953. The molecule has 0 heterocycles. The van der Waals surface area contributed by atoms with E-state index in [1.165, 1.54) is 0 Å². The van der Waals surface area contributed by atoms with Crippen molar-refractivity contribution in [3.05, 3.63) is 34.9 Å². The van der Waals surface area contributed by atoms with E-state index in [9.17, 15) is 4.39 Å². The van der Waals surface area contributed by atoms with Gasteiger partial charge >= 0.3 is 0 Å². The van der Waals surface area contributed by atoms with Gasteiger partial charge < -0.3 is 5.73 Å². The Bertz CT molecular complexity index is 235. The molecule has 3 heteroatoms. The molecular weight excluding hydrogens is 177 g/mol. The number of hydrogen-bond acceptors (Lipinski definition) is 1. The van der Waals surface area contributed by atoms with Crippen LogP contribution in [0, 0.1) is 0 Å². The zero-order valence-corrected chi connectivity index (χ0v) is 7.39. The van der Waals surface area contributed by atoms with Gasteiger partial charge in [-0.05, 0) is 17.7 Å². The van der Waals surface area contributed by atoms with Gasteiger partial charge in [0, 0.05) is 18.0 Å². The Kier molecular flexibility index (Phi) is 3.50. The minimum Gasteiger partial charge on any atom is -0.328 e. The van der Waals surface area contributed by atoms with Gasteiger partial charge in [-0.25, -0.2) is 4.39 Å². The van der Waals surface area contributed by atoms with Gasteiger partial charge in [-0.2, -0.15) is 0 Å². The molecule has 0 spiro atoms. The lowest BCUT2D eigenvalue weighted by Gasteiger charge is -2.04. The second-order valence-electron chi connectivity index (χ2n) is 2.66. The number of rotatable bonds is 3. The Labute approximate surface area is 76.3 Å². The lowest BCUT2D eigenvalue weighted by molar-refractivity contribution is 0.340. The molecule has 0 aliphatic heterocycles. The maximum absolute atomic E-state index is 12.8. The van der Waals surface area contributed by atoms with E-state index in [-0.39, 0.29) is 6.54 Å². The first-order valence-electron chi connectivity index (χ1n) is 3.81. The van der Waals surface area contributed by atoms with Crippen LogP contribution in [0.1, 0.15) is 5.56 Å². The van der Waals surface area contributed by atoms with E-state index < -0.39 is 6.17 Å². The average molecular weight is 188 g/mol. The third-order valence-corrected chi connectivity index (χ3v) is 1.88. The zero-order chi connectivity index (χ0) is 8.97. The average Bonchev–Trinajstić information content (AvgIpc) is 2.09. The Hall–Kier alpha value is -0.600. The van der Waals surface area contributed by atoms with Gasteiger partial charge in [-0.15, -0.1) is 0 Å². The SMILES string of the molecule is NC[C@@H](F)Cc1ccc(Cl)cc1. The topological polar surface area (TPSA) is 26.0 Å². The normalized spacial score (nSPS) is 12.9. The molecule has 0 radical (unpaired) electrons. The molecule has 0 fully saturated rings. The van der Waals surface area contributed by atoms with E-state index in [0.29, 0.717) is 11.4 Å². The molecule has 1 aromatic rings. The van der Waals surface area contributed by atoms with Crippen LogP contribution in [-0.2, 0) is 6.42 Å². The molecule has 0 bridgehead atoms. The molecule has 66 valence electrons. The van der Waals surface area contributed by atoms with Gasteiger partial charge in [0.15, 0.2) is 0 Å². The van der Waals surface area contributed by atoms with Crippen molar-refractivity contribution in [2.45, 2.75) is 12.6 Å². The van der Waals surface area contributed by atoms with Gasteiger partial charge in [-0.3, -0.25) is 0 Å². The van der Waals surface area contributed by atoms with Crippen molar-refractivity contribution in [2.75, 3.05) is 6.54 Å². The molecule has 0 saturated heterocycles. The second-order valence-corrected chi connectivity index (χ2v) is 3.10. The molecule has 1 atom stereocenters. The highest BCUT2D eigenvalue weighted by atomic mass is 35.5. The first-order chi connectivity index (χ1) is 5.72. The van der Waals surface area contributed by atoms with Crippen molar-refractivity contribution in [1.82, 2.24) is 0 Å². The molecule has 1 nitrogen and oxygen atoms in total. The van der Waals surface area contributed by atoms with Crippen LogP contribution in [0.25, 0.3) is 0 Å². The van der Waals surface area contributed by atoms with E-state index in [2.05, 4.69) is 0 Å². The smallest absolute Gasteiger partial charge is 0.116 e. The van der Waals surface area contributed by atoms with E-state index >= 15 is 0 Å².